The molecule has 3 nitrogen and oxygen atoms in total. The van der Waals surface area contributed by atoms with Gasteiger partial charge in [0.2, 0.25) is 0 Å². The van der Waals surface area contributed by atoms with Crippen LogP contribution in [0, 0.1) is 0 Å². The van der Waals surface area contributed by atoms with Gasteiger partial charge in [-0.3, -0.25) is 0 Å². The highest BCUT2D eigenvalue weighted by Crippen LogP contribution is 2.27. The van der Waals surface area contributed by atoms with E-state index in [2.05, 4.69) is 40.0 Å². The highest BCUT2D eigenvalue weighted by atomic mass is 35.5. The second-order valence-corrected chi connectivity index (χ2v) is 6.09. The Morgan fingerprint density at radius 3 is 2.70 bits per heavy atom. The van der Waals surface area contributed by atoms with Crippen LogP contribution >= 0.6 is 11.6 Å². The van der Waals surface area contributed by atoms with Crippen LogP contribution in [0.3, 0.4) is 0 Å². The van der Waals surface area contributed by atoms with Gasteiger partial charge in [-0.2, -0.15) is 0 Å². The number of nitrogens with one attached hydrogen (secondary N) is 1. The number of H-pyrrole nitrogens is 1. The number of aromatic amines is 1. The summed E-state index contributed by atoms with van der Waals surface area (Å²) in [6.45, 7) is 5.93. The Morgan fingerprint density at radius 1 is 1.15 bits per heavy atom. The molecule has 0 saturated carbocycles. The second-order valence-electron chi connectivity index (χ2n) is 5.71. The first-order chi connectivity index (χ1) is 9.74. The minimum Gasteiger partial charge on any atom is -0.345 e. The van der Waals surface area contributed by atoms with Crippen molar-refractivity contribution >= 4 is 22.5 Å². The lowest BCUT2D eigenvalue weighted by Crippen LogP contribution is -2.44. The summed E-state index contributed by atoms with van der Waals surface area (Å²) in [4.78, 5) is 8.22. The Hall–Kier alpha value is -1.03. The Bertz CT molecular complexity index is 570. The van der Waals surface area contributed by atoms with Gasteiger partial charge >= 0.3 is 0 Å². The van der Waals surface area contributed by atoms with Gasteiger partial charge in [0.1, 0.15) is 5.15 Å². The average Bonchev–Trinajstić information content (AvgIpc) is 2.77. The van der Waals surface area contributed by atoms with Crippen LogP contribution in [0.4, 0.5) is 0 Å². The van der Waals surface area contributed by atoms with Gasteiger partial charge < -0.3 is 14.8 Å². The van der Waals surface area contributed by atoms with Crippen molar-refractivity contribution in [3.05, 3.63) is 35.0 Å². The molecule has 2 heterocycles. The minimum atomic E-state index is 0.810. The van der Waals surface area contributed by atoms with Crippen molar-refractivity contribution < 1.29 is 0 Å². The van der Waals surface area contributed by atoms with Crippen LogP contribution in [-0.4, -0.2) is 54.6 Å². The van der Waals surface area contributed by atoms with Gasteiger partial charge in [0.15, 0.2) is 0 Å². The summed E-state index contributed by atoms with van der Waals surface area (Å²) in [6.07, 6.45) is 2.22. The Balaban J connectivity index is 1.59. The molecule has 20 heavy (non-hydrogen) atoms. The van der Waals surface area contributed by atoms with Crippen LogP contribution < -0.4 is 0 Å². The standard InChI is InChI=1S/C16H22ClN3/c1-19-9-11-20(12-10-19)8-4-6-14-13-5-2-3-7-15(13)18-16(14)17/h2-3,5,7,18H,4,6,8-12H2,1H3. The van der Waals surface area contributed by atoms with Gasteiger partial charge in [-0.05, 0) is 38.1 Å². The first kappa shape index (κ1) is 13.9. The molecule has 0 radical (unpaired) electrons. The van der Waals surface area contributed by atoms with E-state index in [9.17, 15) is 0 Å². The molecule has 0 amide bonds. The molecular weight excluding hydrogens is 270 g/mol. The number of para-hydroxylation sites is 1. The summed E-state index contributed by atoms with van der Waals surface area (Å²) in [7, 11) is 2.20. The van der Waals surface area contributed by atoms with Crippen molar-refractivity contribution in [1.29, 1.82) is 0 Å². The third-order valence-electron chi connectivity index (χ3n) is 4.26. The van der Waals surface area contributed by atoms with Crippen LogP contribution in [0.2, 0.25) is 5.15 Å². The number of hydrogen-bond acceptors (Lipinski definition) is 2. The van der Waals surface area contributed by atoms with E-state index in [4.69, 9.17) is 11.6 Å². The predicted octanol–water partition coefficient (Wildman–Crippen LogP) is 3.00. The van der Waals surface area contributed by atoms with E-state index in [-0.39, 0.29) is 0 Å². The molecule has 0 unspecified atom stereocenters. The van der Waals surface area contributed by atoms with Gasteiger partial charge in [0.05, 0.1) is 0 Å². The maximum Gasteiger partial charge on any atom is 0.110 e. The summed E-state index contributed by atoms with van der Waals surface area (Å²) in [5.41, 5.74) is 2.42. The van der Waals surface area contributed by atoms with Crippen molar-refractivity contribution in [1.82, 2.24) is 14.8 Å². The number of rotatable bonds is 4. The molecule has 1 aromatic heterocycles. The number of piperazine rings is 1. The maximum atomic E-state index is 6.33. The topological polar surface area (TPSA) is 22.3 Å². The molecule has 1 fully saturated rings. The molecule has 108 valence electrons. The van der Waals surface area contributed by atoms with E-state index < -0.39 is 0 Å². The quantitative estimate of drug-likeness (QED) is 0.935. The fraction of sp³-hybridized carbons (Fsp3) is 0.500. The fourth-order valence-corrected chi connectivity index (χ4v) is 3.26. The zero-order valence-electron chi connectivity index (χ0n) is 12.0. The van der Waals surface area contributed by atoms with Crippen molar-refractivity contribution in [2.75, 3.05) is 39.8 Å². The number of aryl methyl sites for hydroxylation is 1. The van der Waals surface area contributed by atoms with E-state index in [1.165, 1.54) is 50.1 Å². The van der Waals surface area contributed by atoms with Gasteiger partial charge in [-0.25, -0.2) is 0 Å². The first-order valence-corrected chi connectivity index (χ1v) is 7.78. The SMILES string of the molecule is CN1CCN(CCCc2c(Cl)[nH]c3ccccc23)CC1. The zero-order valence-corrected chi connectivity index (χ0v) is 12.8. The maximum absolute atomic E-state index is 6.33. The van der Waals surface area contributed by atoms with Crippen LogP contribution in [0.25, 0.3) is 10.9 Å². The third kappa shape index (κ3) is 3.00. The molecule has 1 aromatic carbocycles. The lowest BCUT2D eigenvalue weighted by atomic mass is 10.1. The highest BCUT2D eigenvalue weighted by molar-refractivity contribution is 6.31. The van der Waals surface area contributed by atoms with Gasteiger partial charge in [-0.1, -0.05) is 29.8 Å². The molecule has 4 heteroatoms. The normalized spacial score (nSPS) is 17.9. The average molecular weight is 292 g/mol. The Kier molecular flexibility index (Phi) is 4.29. The largest absolute Gasteiger partial charge is 0.345 e. The third-order valence-corrected chi connectivity index (χ3v) is 4.58. The molecule has 1 aliphatic heterocycles. The molecular formula is C16H22ClN3. The first-order valence-electron chi connectivity index (χ1n) is 7.40. The second kappa shape index (κ2) is 6.17. The van der Waals surface area contributed by atoms with Gasteiger partial charge in [0, 0.05) is 37.1 Å². The molecule has 0 spiro atoms. The van der Waals surface area contributed by atoms with E-state index in [1.807, 2.05) is 6.07 Å². The van der Waals surface area contributed by atoms with Gasteiger partial charge in [0.25, 0.3) is 0 Å². The lowest BCUT2D eigenvalue weighted by molar-refractivity contribution is 0.153. The molecule has 1 saturated heterocycles. The van der Waals surface area contributed by atoms with Crippen LogP contribution in [-0.2, 0) is 6.42 Å². The zero-order chi connectivity index (χ0) is 13.9. The Morgan fingerprint density at radius 2 is 1.90 bits per heavy atom. The fourth-order valence-electron chi connectivity index (χ4n) is 2.96. The number of halogens is 1. The molecule has 3 rings (SSSR count). The summed E-state index contributed by atoms with van der Waals surface area (Å²) >= 11 is 6.33. The van der Waals surface area contributed by atoms with Gasteiger partial charge in [-0.15, -0.1) is 0 Å². The number of nitrogens with zero attached hydrogens (tertiary/aromatic N) is 2. The molecule has 1 N–H and O–H groups in total. The summed E-state index contributed by atoms with van der Waals surface area (Å²) in [5.74, 6) is 0. The highest BCUT2D eigenvalue weighted by Gasteiger charge is 2.14. The molecule has 0 aliphatic carbocycles. The summed E-state index contributed by atoms with van der Waals surface area (Å²) < 4.78 is 0. The molecule has 1 aliphatic rings. The Labute approximate surface area is 125 Å². The number of likely N-dealkylation sites (N-methyl/N-ethyl adjacent to an activating group) is 1. The smallest absolute Gasteiger partial charge is 0.110 e. The van der Waals surface area contributed by atoms with Crippen LogP contribution in [0.1, 0.15) is 12.0 Å². The van der Waals surface area contributed by atoms with Crippen molar-refractivity contribution in [3.63, 3.8) is 0 Å². The van der Waals surface area contributed by atoms with Crippen molar-refractivity contribution in [3.8, 4) is 0 Å². The number of benzene rings is 1. The van der Waals surface area contributed by atoms with Crippen LogP contribution in [0.15, 0.2) is 24.3 Å². The number of aromatic nitrogens is 1. The molecule has 0 atom stereocenters. The number of fused-ring (bicyclic) bond motifs is 1. The summed E-state index contributed by atoms with van der Waals surface area (Å²) in [6, 6.07) is 8.37. The van der Waals surface area contributed by atoms with E-state index in [1.54, 1.807) is 0 Å². The predicted molar refractivity (Wildman–Crippen MR) is 85.6 cm³/mol. The van der Waals surface area contributed by atoms with Crippen LogP contribution in [0.5, 0.6) is 0 Å². The van der Waals surface area contributed by atoms with E-state index >= 15 is 0 Å². The molecule has 0 bridgehead atoms. The minimum absolute atomic E-state index is 0.810. The van der Waals surface area contributed by atoms with Crippen molar-refractivity contribution in [2.24, 2.45) is 0 Å². The number of hydrogen-bond donors (Lipinski definition) is 1. The van der Waals surface area contributed by atoms with Crippen molar-refractivity contribution in [2.45, 2.75) is 12.8 Å². The van der Waals surface area contributed by atoms with E-state index in [0.29, 0.717) is 0 Å². The lowest BCUT2D eigenvalue weighted by Gasteiger charge is -2.32. The monoisotopic (exact) mass is 291 g/mol. The molecule has 2 aromatic rings. The van der Waals surface area contributed by atoms with E-state index in [0.717, 1.165) is 17.1 Å². The summed E-state index contributed by atoms with van der Waals surface area (Å²) in [5, 5.41) is 2.08.